The molecule has 9 heteroatoms. The van der Waals surface area contributed by atoms with Gasteiger partial charge in [-0.15, -0.1) is 0 Å². The minimum Gasteiger partial charge on any atom is -0.422 e. The van der Waals surface area contributed by atoms with Crippen LogP contribution < -0.4 is 16.1 Å². The van der Waals surface area contributed by atoms with Crippen LogP contribution in [0.5, 0.6) is 5.75 Å². The second kappa shape index (κ2) is 8.95. The maximum absolute atomic E-state index is 13.4. The molecule has 0 spiro atoms. The third kappa shape index (κ3) is 4.25. The smallest absolute Gasteiger partial charge is 0.308 e. The first-order chi connectivity index (χ1) is 14.8. The maximum atomic E-state index is 13.4. The molecule has 1 aromatic heterocycles. The molecule has 0 fully saturated rings. The highest BCUT2D eigenvalue weighted by atomic mass is 19.1. The molecule has 0 aliphatic carbocycles. The molecule has 1 aliphatic heterocycles. The number of ether oxygens (including phenoxy) is 1. The second-order valence-corrected chi connectivity index (χ2v) is 7.21. The predicted molar refractivity (Wildman–Crippen MR) is 115 cm³/mol. The van der Waals surface area contributed by atoms with E-state index in [1.165, 1.54) is 19.1 Å². The normalized spacial score (nSPS) is 13.7. The van der Waals surface area contributed by atoms with E-state index in [0.717, 1.165) is 5.56 Å². The van der Waals surface area contributed by atoms with Crippen molar-refractivity contribution in [2.45, 2.75) is 26.8 Å². The van der Waals surface area contributed by atoms with E-state index in [1.54, 1.807) is 28.5 Å². The number of aliphatic imine (C=N–C) groups is 1. The number of amides is 1. The van der Waals surface area contributed by atoms with Crippen molar-refractivity contribution in [3.63, 3.8) is 0 Å². The largest absolute Gasteiger partial charge is 0.422 e. The van der Waals surface area contributed by atoms with Gasteiger partial charge in [-0.2, -0.15) is 5.10 Å². The Morgan fingerprint density at radius 1 is 1.26 bits per heavy atom. The lowest BCUT2D eigenvalue weighted by Crippen LogP contribution is -2.46. The minimum absolute atomic E-state index is 0.00406. The zero-order valence-corrected chi connectivity index (χ0v) is 17.5. The number of hydrogen-bond acceptors (Lipinski definition) is 6. The summed E-state index contributed by atoms with van der Waals surface area (Å²) in [5, 5.41) is 3.86. The van der Waals surface area contributed by atoms with Gasteiger partial charge in [-0.1, -0.05) is 18.7 Å². The number of carbonyl (C=O) groups excluding carboxylic acids is 2. The minimum atomic E-state index is -0.603. The van der Waals surface area contributed by atoms with Crippen molar-refractivity contribution in [3.05, 3.63) is 59.0 Å². The van der Waals surface area contributed by atoms with E-state index < -0.39 is 5.97 Å². The number of aromatic nitrogens is 1. The molecule has 0 atom stereocenters. The summed E-state index contributed by atoms with van der Waals surface area (Å²) in [6, 6.07) is 6.13. The first-order valence-electron chi connectivity index (χ1n) is 9.68. The quantitative estimate of drug-likeness (QED) is 0.332. The Bertz CT molecular complexity index is 1140. The first-order valence-corrected chi connectivity index (χ1v) is 9.68. The summed E-state index contributed by atoms with van der Waals surface area (Å²) in [6.45, 7) is 11.7. The summed E-state index contributed by atoms with van der Waals surface area (Å²) in [5.41, 5.74) is 2.57. The van der Waals surface area contributed by atoms with Crippen molar-refractivity contribution in [2.24, 2.45) is 15.9 Å². The van der Waals surface area contributed by atoms with E-state index in [0.29, 0.717) is 42.7 Å². The van der Waals surface area contributed by atoms with Gasteiger partial charge in [0.15, 0.2) is 16.9 Å². The molecule has 162 valence electrons. The van der Waals surface area contributed by atoms with Gasteiger partial charge in [0.1, 0.15) is 11.5 Å². The van der Waals surface area contributed by atoms with Crippen molar-refractivity contribution in [1.29, 1.82) is 0 Å². The maximum Gasteiger partial charge on any atom is 0.308 e. The molecule has 0 bridgehead atoms. The standard InChI is InChI=1S/C22H24FN5O3/c1-13(2)17-18(25-4)20(31-14(3)29)19-22(30)27(11-12-28(19)21(17)26-24)10-9-15-5-7-16(23)8-6-15/h5-8H,1,4,9-12,24H2,2-3H3/b26-21-. The van der Waals surface area contributed by atoms with E-state index >= 15 is 0 Å². The highest BCUT2D eigenvalue weighted by molar-refractivity contribution is 5.99. The number of carbonyl (C=O) groups is 2. The molecule has 0 saturated heterocycles. The molecule has 2 N–H and O–H groups in total. The van der Waals surface area contributed by atoms with Crippen LogP contribution in [0.3, 0.4) is 0 Å². The van der Waals surface area contributed by atoms with Gasteiger partial charge in [-0.3, -0.25) is 14.6 Å². The van der Waals surface area contributed by atoms with E-state index in [1.807, 2.05) is 0 Å². The van der Waals surface area contributed by atoms with Crippen LogP contribution in [-0.2, 0) is 17.8 Å². The van der Waals surface area contributed by atoms with Crippen LogP contribution >= 0.6 is 0 Å². The second-order valence-electron chi connectivity index (χ2n) is 7.21. The topological polar surface area (TPSA) is 102 Å². The number of halogens is 1. The molecule has 0 unspecified atom stereocenters. The number of benzene rings is 1. The molecule has 2 aromatic rings. The predicted octanol–water partition coefficient (Wildman–Crippen LogP) is 2.39. The van der Waals surface area contributed by atoms with E-state index in [-0.39, 0.29) is 28.9 Å². The first kappa shape index (κ1) is 21.9. The van der Waals surface area contributed by atoms with Crippen LogP contribution in [0.1, 0.15) is 35.5 Å². The van der Waals surface area contributed by atoms with Crippen LogP contribution in [0.4, 0.5) is 10.1 Å². The van der Waals surface area contributed by atoms with E-state index in [9.17, 15) is 14.0 Å². The van der Waals surface area contributed by atoms with Crippen molar-refractivity contribution >= 4 is 29.9 Å². The fourth-order valence-electron chi connectivity index (χ4n) is 3.64. The molecule has 1 amide bonds. The fourth-order valence-corrected chi connectivity index (χ4v) is 3.64. The molecule has 0 saturated carbocycles. The van der Waals surface area contributed by atoms with Crippen molar-refractivity contribution in [3.8, 4) is 5.75 Å². The van der Waals surface area contributed by atoms with Gasteiger partial charge in [0.2, 0.25) is 0 Å². The lowest BCUT2D eigenvalue weighted by Gasteiger charge is -2.32. The van der Waals surface area contributed by atoms with Gasteiger partial charge >= 0.3 is 5.97 Å². The van der Waals surface area contributed by atoms with Gasteiger partial charge in [0.05, 0.1) is 5.56 Å². The van der Waals surface area contributed by atoms with Crippen LogP contribution in [0, 0.1) is 5.82 Å². The molecule has 8 nitrogen and oxygen atoms in total. The summed E-state index contributed by atoms with van der Waals surface area (Å²) < 4.78 is 20.2. The van der Waals surface area contributed by atoms with Crippen molar-refractivity contribution in [1.82, 2.24) is 9.47 Å². The third-order valence-electron chi connectivity index (χ3n) is 5.04. The summed E-state index contributed by atoms with van der Waals surface area (Å²) in [6.07, 6.45) is 0.541. The van der Waals surface area contributed by atoms with Crippen LogP contribution in [-0.4, -0.2) is 41.2 Å². The summed E-state index contributed by atoms with van der Waals surface area (Å²) in [4.78, 5) is 30.8. The SMILES string of the molecule is C=Nc1c(OC(C)=O)c2n(/c(=N\N)c1C(=C)C)CCN(CCc1ccc(F)cc1)C2=O. The molecular weight excluding hydrogens is 401 g/mol. The number of nitrogens with zero attached hydrogens (tertiary/aromatic N) is 4. The average Bonchev–Trinajstić information content (AvgIpc) is 2.73. The Kier molecular flexibility index (Phi) is 6.33. The Hall–Kier alpha value is -3.75. The number of hydrogen-bond donors (Lipinski definition) is 1. The molecule has 1 aromatic carbocycles. The van der Waals surface area contributed by atoms with E-state index in [2.05, 4.69) is 23.4 Å². The molecule has 3 rings (SSSR count). The number of nitrogens with two attached hydrogens (primary N) is 1. The van der Waals surface area contributed by atoms with Crippen molar-refractivity contribution in [2.75, 3.05) is 13.1 Å². The highest BCUT2D eigenvalue weighted by Crippen LogP contribution is 2.37. The Morgan fingerprint density at radius 2 is 1.94 bits per heavy atom. The lowest BCUT2D eigenvalue weighted by atomic mass is 10.0. The van der Waals surface area contributed by atoms with Gasteiger partial charge in [-0.05, 0) is 43.3 Å². The lowest BCUT2D eigenvalue weighted by molar-refractivity contribution is -0.131. The third-order valence-corrected chi connectivity index (χ3v) is 5.04. The zero-order valence-electron chi connectivity index (χ0n) is 17.5. The number of rotatable bonds is 6. The molecule has 0 radical (unpaired) electrons. The van der Waals surface area contributed by atoms with Gasteiger partial charge in [0.25, 0.3) is 5.91 Å². The van der Waals surface area contributed by atoms with Crippen LogP contribution in [0.15, 0.2) is 40.9 Å². The number of pyridine rings is 1. The number of allylic oxidation sites excluding steroid dienone is 1. The Balaban J connectivity index is 2.09. The van der Waals surface area contributed by atoms with E-state index in [4.69, 9.17) is 10.6 Å². The summed E-state index contributed by atoms with van der Waals surface area (Å²) in [7, 11) is 0. The Morgan fingerprint density at radius 3 is 2.48 bits per heavy atom. The number of fused-ring (bicyclic) bond motifs is 1. The fraction of sp³-hybridized carbons (Fsp3) is 0.273. The zero-order chi connectivity index (χ0) is 22.7. The molecule has 2 heterocycles. The monoisotopic (exact) mass is 425 g/mol. The molecule has 1 aliphatic rings. The highest BCUT2D eigenvalue weighted by Gasteiger charge is 2.33. The van der Waals surface area contributed by atoms with Gasteiger partial charge in [0, 0.05) is 26.6 Å². The van der Waals surface area contributed by atoms with Crippen molar-refractivity contribution < 1.29 is 18.7 Å². The van der Waals surface area contributed by atoms with Crippen LogP contribution in [0.2, 0.25) is 0 Å². The van der Waals surface area contributed by atoms with Gasteiger partial charge < -0.3 is 20.0 Å². The average molecular weight is 425 g/mol. The summed E-state index contributed by atoms with van der Waals surface area (Å²) >= 11 is 0. The Labute approximate surface area is 179 Å². The molecular formula is C22H24FN5O3. The summed E-state index contributed by atoms with van der Waals surface area (Å²) in [5.74, 6) is 4.38. The van der Waals surface area contributed by atoms with Gasteiger partial charge in [-0.25, -0.2) is 4.39 Å². The van der Waals surface area contributed by atoms with Crippen LogP contribution in [0.25, 0.3) is 5.57 Å². The molecule has 31 heavy (non-hydrogen) atoms. The number of esters is 1.